The normalized spacial score (nSPS) is 15.7. The van der Waals surface area contributed by atoms with Crippen molar-refractivity contribution < 1.29 is 9.53 Å². The molecule has 0 aromatic carbocycles. The molecular weight excluding hydrogens is 264 g/mol. The molecule has 1 heterocycles. The first-order valence-electron chi connectivity index (χ1n) is 8.19. The number of unbranched alkanes of at least 4 members (excludes halogenated alkanes) is 2. The number of pyridine rings is 1. The number of amides is 1. The lowest BCUT2D eigenvalue weighted by atomic mass is 9.95. The van der Waals surface area contributed by atoms with Crippen LogP contribution in [-0.4, -0.2) is 23.5 Å². The first-order chi connectivity index (χ1) is 10.3. The van der Waals surface area contributed by atoms with E-state index in [1.807, 2.05) is 0 Å². The Morgan fingerprint density at radius 1 is 1.29 bits per heavy atom. The molecule has 0 unspecified atom stereocenters. The van der Waals surface area contributed by atoms with Gasteiger partial charge in [0.25, 0.3) is 5.91 Å². The third-order valence-corrected chi connectivity index (χ3v) is 3.94. The summed E-state index contributed by atoms with van der Waals surface area (Å²) < 4.78 is 5.55. The van der Waals surface area contributed by atoms with Crippen LogP contribution in [-0.2, 0) is 0 Å². The van der Waals surface area contributed by atoms with Crippen LogP contribution in [0, 0.1) is 0 Å². The quantitative estimate of drug-likeness (QED) is 0.779. The van der Waals surface area contributed by atoms with Crippen LogP contribution in [0.5, 0.6) is 5.88 Å². The molecule has 1 amide bonds. The Labute approximate surface area is 127 Å². The van der Waals surface area contributed by atoms with E-state index in [1.54, 1.807) is 18.3 Å². The van der Waals surface area contributed by atoms with E-state index in [2.05, 4.69) is 17.2 Å². The van der Waals surface area contributed by atoms with Crippen LogP contribution in [0.25, 0.3) is 0 Å². The van der Waals surface area contributed by atoms with Gasteiger partial charge in [-0.05, 0) is 25.3 Å². The molecule has 4 nitrogen and oxygen atoms in total. The van der Waals surface area contributed by atoms with Gasteiger partial charge in [-0.25, -0.2) is 4.98 Å². The lowest BCUT2D eigenvalue weighted by molar-refractivity contribution is 0.0927. The van der Waals surface area contributed by atoms with E-state index in [0.29, 0.717) is 24.1 Å². The minimum atomic E-state index is -0.0214. The van der Waals surface area contributed by atoms with E-state index in [1.165, 1.54) is 32.1 Å². The minimum Gasteiger partial charge on any atom is -0.478 e. The second-order valence-electron chi connectivity index (χ2n) is 5.75. The van der Waals surface area contributed by atoms with Crippen LogP contribution in [0.15, 0.2) is 18.3 Å². The van der Waals surface area contributed by atoms with Gasteiger partial charge in [0.15, 0.2) is 0 Å². The van der Waals surface area contributed by atoms with E-state index < -0.39 is 0 Å². The van der Waals surface area contributed by atoms with Gasteiger partial charge in [-0.15, -0.1) is 0 Å². The standard InChI is InChI=1S/C17H26N2O2/c1-2-3-7-12-21-16-11-10-14(13-18-16)17(20)19-15-8-5-4-6-9-15/h10-11,13,15H,2-9,12H2,1H3,(H,19,20). The van der Waals surface area contributed by atoms with Crippen molar-refractivity contribution in [1.82, 2.24) is 10.3 Å². The number of carbonyl (C=O) groups is 1. The third-order valence-electron chi connectivity index (χ3n) is 3.94. The predicted octanol–water partition coefficient (Wildman–Crippen LogP) is 3.71. The van der Waals surface area contributed by atoms with Gasteiger partial charge in [-0.2, -0.15) is 0 Å². The number of rotatable bonds is 7. The van der Waals surface area contributed by atoms with Gasteiger partial charge >= 0.3 is 0 Å². The van der Waals surface area contributed by atoms with Crippen LogP contribution in [0.1, 0.15) is 68.6 Å². The topological polar surface area (TPSA) is 51.2 Å². The maximum atomic E-state index is 12.1. The van der Waals surface area contributed by atoms with Crippen molar-refractivity contribution in [2.75, 3.05) is 6.61 Å². The zero-order chi connectivity index (χ0) is 14.9. The number of nitrogens with zero attached hydrogens (tertiary/aromatic N) is 1. The van der Waals surface area contributed by atoms with Gasteiger partial charge in [0, 0.05) is 18.3 Å². The Bertz CT molecular complexity index is 425. The van der Waals surface area contributed by atoms with E-state index in [4.69, 9.17) is 4.74 Å². The van der Waals surface area contributed by atoms with E-state index in [0.717, 1.165) is 19.3 Å². The van der Waals surface area contributed by atoms with Gasteiger partial charge in [0.05, 0.1) is 12.2 Å². The van der Waals surface area contributed by atoms with E-state index in [-0.39, 0.29) is 5.91 Å². The van der Waals surface area contributed by atoms with E-state index in [9.17, 15) is 4.79 Å². The highest BCUT2D eigenvalue weighted by Crippen LogP contribution is 2.18. The number of carbonyl (C=O) groups excluding carboxylic acids is 1. The van der Waals surface area contributed by atoms with Crippen molar-refractivity contribution in [1.29, 1.82) is 0 Å². The van der Waals surface area contributed by atoms with E-state index >= 15 is 0 Å². The Morgan fingerprint density at radius 3 is 2.76 bits per heavy atom. The Kier molecular flexibility index (Phi) is 6.51. The first kappa shape index (κ1) is 15.8. The molecule has 116 valence electrons. The second-order valence-corrected chi connectivity index (χ2v) is 5.75. The molecule has 0 spiro atoms. The molecule has 21 heavy (non-hydrogen) atoms. The molecule has 1 aromatic rings. The molecule has 1 saturated carbocycles. The van der Waals surface area contributed by atoms with Crippen molar-refractivity contribution in [2.24, 2.45) is 0 Å². The summed E-state index contributed by atoms with van der Waals surface area (Å²) in [7, 11) is 0. The fourth-order valence-electron chi connectivity index (χ4n) is 2.64. The molecule has 0 radical (unpaired) electrons. The van der Waals surface area contributed by atoms with Crippen LogP contribution < -0.4 is 10.1 Å². The van der Waals surface area contributed by atoms with Crippen LogP contribution in [0.4, 0.5) is 0 Å². The summed E-state index contributed by atoms with van der Waals surface area (Å²) in [6, 6.07) is 3.90. The summed E-state index contributed by atoms with van der Waals surface area (Å²) in [5.41, 5.74) is 0.612. The van der Waals surface area contributed by atoms with Crippen LogP contribution >= 0.6 is 0 Å². The Morgan fingerprint density at radius 2 is 2.10 bits per heavy atom. The number of nitrogens with one attached hydrogen (secondary N) is 1. The Balaban J connectivity index is 1.78. The molecule has 0 saturated heterocycles. The van der Waals surface area contributed by atoms with Gasteiger partial charge < -0.3 is 10.1 Å². The SMILES string of the molecule is CCCCCOc1ccc(C(=O)NC2CCCCC2)cn1. The average molecular weight is 290 g/mol. The number of aromatic nitrogens is 1. The Hall–Kier alpha value is -1.58. The molecule has 1 N–H and O–H groups in total. The molecule has 1 aliphatic carbocycles. The summed E-state index contributed by atoms with van der Waals surface area (Å²) in [6.07, 6.45) is 10.9. The van der Waals surface area contributed by atoms with Crippen molar-refractivity contribution in [3.05, 3.63) is 23.9 Å². The maximum Gasteiger partial charge on any atom is 0.253 e. The highest BCUT2D eigenvalue weighted by Gasteiger charge is 2.16. The molecule has 4 heteroatoms. The van der Waals surface area contributed by atoms with Gasteiger partial charge in [0.2, 0.25) is 5.88 Å². The zero-order valence-electron chi connectivity index (χ0n) is 12.9. The second kappa shape index (κ2) is 8.65. The van der Waals surface area contributed by atoms with Crippen molar-refractivity contribution in [3.63, 3.8) is 0 Å². The first-order valence-corrected chi connectivity index (χ1v) is 8.19. The summed E-state index contributed by atoms with van der Waals surface area (Å²) in [6.45, 7) is 2.85. The van der Waals surface area contributed by atoms with Gasteiger partial charge in [-0.3, -0.25) is 4.79 Å². The number of hydrogen-bond acceptors (Lipinski definition) is 3. The lowest BCUT2D eigenvalue weighted by Crippen LogP contribution is -2.36. The molecule has 0 aliphatic heterocycles. The zero-order valence-corrected chi connectivity index (χ0v) is 12.9. The molecule has 1 fully saturated rings. The summed E-state index contributed by atoms with van der Waals surface area (Å²) >= 11 is 0. The van der Waals surface area contributed by atoms with Crippen molar-refractivity contribution in [3.8, 4) is 5.88 Å². The van der Waals surface area contributed by atoms with Crippen molar-refractivity contribution in [2.45, 2.75) is 64.3 Å². The number of ether oxygens (including phenoxy) is 1. The van der Waals surface area contributed by atoms with Crippen LogP contribution in [0.3, 0.4) is 0 Å². The average Bonchev–Trinajstić information content (AvgIpc) is 2.53. The van der Waals surface area contributed by atoms with Gasteiger partial charge in [-0.1, -0.05) is 39.0 Å². The number of hydrogen-bond donors (Lipinski definition) is 1. The fourth-order valence-corrected chi connectivity index (χ4v) is 2.64. The molecule has 0 bridgehead atoms. The fraction of sp³-hybridized carbons (Fsp3) is 0.647. The molecular formula is C17H26N2O2. The molecule has 2 rings (SSSR count). The summed E-state index contributed by atoms with van der Waals surface area (Å²) in [4.78, 5) is 16.3. The van der Waals surface area contributed by atoms with Crippen LogP contribution in [0.2, 0.25) is 0 Å². The molecule has 1 aromatic heterocycles. The molecule has 0 atom stereocenters. The predicted molar refractivity (Wildman–Crippen MR) is 83.6 cm³/mol. The largest absolute Gasteiger partial charge is 0.478 e. The van der Waals surface area contributed by atoms with Crippen molar-refractivity contribution >= 4 is 5.91 Å². The summed E-state index contributed by atoms with van der Waals surface area (Å²) in [5.74, 6) is 0.576. The smallest absolute Gasteiger partial charge is 0.253 e. The highest BCUT2D eigenvalue weighted by molar-refractivity contribution is 5.94. The lowest BCUT2D eigenvalue weighted by Gasteiger charge is -2.22. The third kappa shape index (κ3) is 5.37. The highest BCUT2D eigenvalue weighted by atomic mass is 16.5. The van der Waals surface area contributed by atoms with Gasteiger partial charge in [0.1, 0.15) is 0 Å². The summed E-state index contributed by atoms with van der Waals surface area (Å²) in [5, 5.41) is 3.09. The monoisotopic (exact) mass is 290 g/mol. The molecule has 1 aliphatic rings. The maximum absolute atomic E-state index is 12.1. The minimum absolute atomic E-state index is 0.0214.